The van der Waals surface area contributed by atoms with Gasteiger partial charge in [-0.15, -0.1) is 0 Å². The zero-order valence-electron chi connectivity index (χ0n) is 19.3. The van der Waals surface area contributed by atoms with E-state index in [-0.39, 0.29) is 5.69 Å². The van der Waals surface area contributed by atoms with Gasteiger partial charge in [0.05, 0.1) is 17.6 Å². The summed E-state index contributed by atoms with van der Waals surface area (Å²) < 4.78 is 5.93. The first-order valence-corrected chi connectivity index (χ1v) is 12.4. The van der Waals surface area contributed by atoms with Crippen molar-refractivity contribution in [3.8, 4) is 5.75 Å². The highest BCUT2D eigenvalue weighted by Gasteiger charge is 2.24. The van der Waals surface area contributed by atoms with Gasteiger partial charge in [0, 0.05) is 38.1 Å². The van der Waals surface area contributed by atoms with E-state index in [1.54, 1.807) is 0 Å². The second-order valence-corrected chi connectivity index (χ2v) is 9.63. The Bertz CT molecular complexity index is 1110. The Balaban J connectivity index is 1.05. The summed E-state index contributed by atoms with van der Waals surface area (Å²) in [6.45, 7) is 5.82. The molecule has 3 N–H and O–H groups in total. The predicted octanol–water partition coefficient (Wildman–Crippen LogP) is 3.08. The Labute approximate surface area is 193 Å². The molecule has 0 spiro atoms. The number of aliphatic hydroxyl groups is 1. The van der Waals surface area contributed by atoms with Gasteiger partial charge in [-0.05, 0) is 55.9 Å². The molecule has 2 aromatic heterocycles. The number of aromatic nitrogens is 3. The van der Waals surface area contributed by atoms with Gasteiger partial charge in [-0.25, -0.2) is 9.78 Å². The molecular formula is C25H35N5O3. The van der Waals surface area contributed by atoms with Crippen molar-refractivity contribution < 1.29 is 9.84 Å². The van der Waals surface area contributed by atoms with Crippen LogP contribution in [0.1, 0.15) is 44.9 Å². The van der Waals surface area contributed by atoms with Crippen molar-refractivity contribution in [2.45, 2.75) is 51.2 Å². The molecule has 1 aromatic carbocycles. The fourth-order valence-corrected chi connectivity index (χ4v) is 5.31. The van der Waals surface area contributed by atoms with Gasteiger partial charge in [-0.1, -0.05) is 19.3 Å². The first-order valence-electron chi connectivity index (χ1n) is 12.4. The van der Waals surface area contributed by atoms with Gasteiger partial charge in [0.2, 0.25) is 0 Å². The molecule has 5 rings (SSSR count). The molecule has 1 aliphatic carbocycles. The number of hydrogen-bond donors (Lipinski definition) is 3. The molecule has 33 heavy (non-hydrogen) atoms. The van der Waals surface area contributed by atoms with E-state index in [1.807, 2.05) is 24.3 Å². The summed E-state index contributed by atoms with van der Waals surface area (Å²) in [5.74, 6) is 1.65. The molecule has 3 aromatic rings. The fourth-order valence-electron chi connectivity index (χ4n) is 5.31. The maximum absolute atomic E-state index is 11.5. The van der Waals surface area contributed by atoms with Crippen LogP contribution in [0.3, 0.4) is 0 Å². The third-order valence-electron chi connectivity index (χ3n) is 7.21. The molecular weight excluding hydrogens is 418 g/mol. The van der Waals surface area contributed by atoms with Crippen molar-refractivity contribution in [1.82, 2.24) is 24.8 Å². The molecule has 8 heteroatoms. The van der Waals surface area contributed by atoms with E-state index in [0.29, 0.717) is 24.2 Å². The lowest BCUT2D eigenvalue weighted by molar-refractivity contribution is -0.0347. The first-order chi connectivity index (χ1) is 16.1. The predicted molar refractivity (Wildman–Crippen MR) is 130 cm³/mol. The fraction of sp³-hybridized carbons (Fsp3) is 0.600. The summed E-state index contributed by atoms with van der Waals surface area (Å²) >= 11 is 0. The summed E-state index contributed by atoms with van der Waals surface area (Å²) in [4.78, 5) is 26.2. The SMILES string of the molecule is O=c1[nH]c2cc3cc(OCCCC(O)N4CCN(CC5CCCCC5)CC4)ccc3nc2[nH]1. The van der Waals surface area contributed by atoms with Crippen LogP contribution in [0.15, 0.2) is 29.1 Å². The summed E-state index contributed by atoms with van der Waals surface area (Å²) in [6, 6.07) is 7.64. The molecule has 1 saturated carbocycles. The largest absolute Gasteiger partial charge is 0.494 e. The van der Waals surface area contributed by atoms with Crippen LogP contribution in [0.25, 0.3) is 22.1 Å². The maximum atomic E-state index is 11.5. The standard InChI is InChI=1S/C25H35N5O3/c31-23(30-12-10-29(11-13-30)17-18-5-2-1-3-6-18)7-4-14-33-20-8-9-21-19(15-20)16-22-24(26-21)28-25(32)27-22/h8-9,15-16,18,23,31H,1-7,10-14,17H2,(H2,26,27,28,32). The van der Waals surface area contributed by atoms with Crippen LogP contribution < -0.4 is 10.4 Å². The molecule has 1 unspecified atom stereocenters. The smallest absolute Gasteiger partial charge is 0.325 e. The van der Waals surface area contributed by atoms with Crippen molar-refractivity contribution in [2.75, 3.05) is 39.3 Å². The van der Waals surface area contributed by atoms with Gasteiger partial charge in [0.25, 0.3) is 0 Å². The van der Waals surface area contributed by atoms with Crippen molar-refractivity contribution in [3.05, 3.63) is 34.7 Å². The Kier molecular flexibility index (Phi) is 6.94. The average molecular weight is 454 g/mol. The van der Waals surface area contributed by atoms with Gasteiger partial charge in [-0.2, -0.15) is 0 Å². The monoisotopic (exact) mass is 453 g/mol. The summed E-state index contributed by atoms with van der Waals surface area (Å²) in [6.07, 6.45) is 8.12. The van der Waals surface area contributed by atoms with Crippen LogP contribution in [-0.2, 0) is 0 Å². The van der Waals surface area contributed by atoms with Crippen molar-refractivity contribution in [1.29, 1.82) is 0 Å². The lowest BCUT2D eigenvalue weighted by atomic mass is 9.89. The highest BCUT2D eigenvalue weighted by Crippen LogP contribution is 2.25. The molecule has 3 heterocycles. The van der Waals surface area contributed by atoms with Crippen molar-refractivity contribution in [2.24, 2.45) is 5.92 Å². The second kappa shape index (κ2) is 10.2. The molecule has 8 nitrogen and oxygen atoms in total. The number of hydrogen-bond acceptors (Lipinski definition) is 6. The van der Waals surface area contributed by atoms with Gasteiger partial charge < -0.3 is 19.7 Å². The lowest BCUT2D eigenvalue weighted by Crippen LogP contribution is -2.51. The minimum absolute atomic E-state index is 0.256. The number of piperazine rings is 1. The highest BCUT2D eigenvalue weighted by atomic mass is 16.5. The molecule has 1 aliphatic heterocycles. The van der Waals surface area contributed by atoms with Crippen LogP contribution in [-0.4, -0.2) is 75.4 Å². The molecule has 0 bridgehead atoms. The summed E-state index contributed by atoms with van der Waals surface area (Å²) in [7, 11) is 0. The number of imidazole rings is 1. The van der Waals surface area contributed by atoms with Crippen LogP contribution in [0.2, 0.25) is 0 Å². The van der Waals surface area contributed by atoms with Gasteiger partial charge in [0.1, 0.15) is 12.0 Å². The van der Waals surface area contributed by atoms with E-state index in [4.69, 9.17) is 4.74 Å². The summed E-state index contributed by atoms with van der Waals surface area (Å²) in [5.41, 5.74) is 1.80. The average Bonchev–Trinajstić information content (AvgIpc) is 3.20. The molecule has 178 valence electrons. The van der Waals surface area contributed by atoms with Crippen LogP contribution in [0.4, 0.5) is 0 Å². The lowest BCUT2D eigenvalue weighted by Gasteiger charge is -2.39. The minimum atomic E-state index is -0.398. The normalized spacial score (nSPS) is 19.9. The van der Waals surface area contributed by atoms with Crippen LogP contribution in [0, 0.1) is 5.92 Å². The van der Waals surface area contributed by atoms with E-state index in [2.05, 4.69) is 24.8 Å². The number of aliphatic hydroxyl groups excluding tert-OH is 1. The molecule has 0 amide bonds. The highest BCUT2D eigenvalue weighted by molar-refractivity contribution is 5.89. The molecule has 2 aliphatic rings. The topological polar surface area (TPSA) is 97.5 Å². The van der Waals surface area contributed by atoms with Gasteiger partial charge >= 0.3 is 5.69 Å². The Morgan fingerprint density at radius 3 is 2.73 bits per heavy atom. The second-order valence-electron chi connectivity index (χ2n) is 9.63. The van der Waals surface area contributed by atoms with E-state index in [1.165, 1.54) is 38.6 Å². The third kappa shape index (κ3) is 5.57. The number of nitrogens with one attached hydrogen (secondary N) is 2. The number of aromatic amines is 2. The molecule has 1 saturated heterocycles. The third-order valence-corrected chi connectivity index (χ3v) is 7.21. The van der Waals surface area contributed by atoms with E-state index in [9.17, 15) is 9.90 Å². The molecule has 1 atom stereocenters. The van der Waals surface area contributed by atoms with Crippen LogP contribution in [0.5, 0.6) is 5.75 Å². The quantitative estimate of drug-likeness (QED) is 0.454. The number of rotatable bonds is 8. The zero-order valence-corrected chi connectivity index (χ0v) is 19.3. The Morgan fingerprint density at radius 2 is 1.91 bits per heavy atom. The number of fused-ring (bicyclic) bond motifs is 2. The number of pyridine rings is 1. The van der Waals surface area contributed by atoms with Crippen molar-refractivity contribution in [3.63, 3.8) is 0 Å². The number of nitrogens with zero attached hydrogens (tertiary/aromatic N) is 3. The van der Waals surface area contributed by atoms with E-state index < -0.39 is 6.23 Å². The molecule has 0 radical (unpaired) electrons. The minimum Gasteiger partial charge on any atom is -0.494 e. The number of benzene rings is 1. The maximum Gasteiger partial charge on any atom is 0.325 e. The van der Waals surface area contributed by atoms with Crippen LogP contribution >= 0.6 is 0 Å². The first kappa shape index (κ1) is 22.4. The molecule has 2 fully saturated rings. The van der Waals surface area contributed by atoms with Gasteiger partial charge in [0.15, 0.2) is 5.65 Å². The van der Waals surface area contributed by atoms with E-state index >= 15 is 0 Å². The van der Waals surface area contributed by atoms with Crippen molar-refractivity contribution >= 4 is 22.1 Å². The van der Waals surface area contributed by atoms with E-state index in [0.717, 1.165) is 55.2 Å². The number of ether oxygens (including phenoxy) is 1. The summed E-state index contributed by atoms with van der Waals surface area (Å²) in [5, 5.41) is 11.6. The Morgan fingerprint density at radius 1 is 1.09 bits per heavy atom. The zero-order chi connectivity index (χ0) is 22.6. The van der Waals surface area contributed by atoms with Gasteiger partial charge in [-0.3, -0.25) is 9.88 Å². The number of H-pyrrole nitrogens is 2. The Hall–Kier alpha value is -2.42.